The van der Waals surface area contributed by atoms with Crippen molar-refractivity contribution in [3.63, 3.8) is 0 Å². The number of rotatable bonds is 9. The molecule has 0 aromatic heterocycles. The van der Waals surface area contributed by atoms with E-state index in [4.69, 9.17) is 11.6 Å². The molecule has 1 unspecified atom stereocenters. The Morgan fingerprint density at radius 2 is 1.67 bits per heavy atom. The average molecular weight is 299 g/mol. The number of alkyl halides is 1. The first-order valence-corrected chi connectivity index (χ1v) is 8.52. The second kappa shape index (κ2) is 8.35. The summed E-state index contributed by atoms with van der Waals surface area (Å²) in [6.07, 6.45) is 0. The number of likely N-dealkylation sites (N-methyl/N-ethyl adjacent to an activating group) is 1. The Balaban J connectivity index is 4.70. The number of hydrogen-bond donors (Lipinski definition) is 0. The Hall–Kier alpha value is 0.160. The molecule has 0 saturated heterocycles. The number of halogens is 1. The highest BCUT2D eigenvalue weighted by molar-refractivity contribution is 7.89. The minimum atomic E-state index is -3.20. The summed E-state index contributed by atoms with van der Waals surface area (Å²) in [5.41, 5.74) is 0. The van der Waals surface area contributed by atoms with Crippen LogP contribution in [0.3, 0.4) is 0 Å². The first-order chi connectivity index (χ1) is 8.19. The lowest BCUT2D eigenvalue weighted by atomic mass is 10.2. The Morgan fingerprint density at radius 3 is 2.06 bits per heavy atom. The van der Waals surface area contributed by atoms with E-state index in [2.05, 4.69) is 0 Å². The van der Waals surface area contributed by atoms with Crippen LogP contribution in [0.15, 0.2) is 0 Å². The van der Waals surface area contributed by atoms with Crippen LogP contribution >= 0.6 is 11.6 Å². The van der Waals surface area contributed by atoms with Crippen LogP contribution in [0.1, 0.15) is 20.8 Å². The lowest BCUT2D eigenvalue weighted by molar-refractivity contribution is 0.311. The van der Waals surface area contributed by atoms with Crippen LogP contribution < -0.4 is 0 Å². The van der Waals surface area contributed by atoms with Crippen LogP contribution in [-0.4, -0.2) is 63.0 Å². The van der Waals surface area contributed by atoms with E-state index in [1.807, 2.05) is 39.8 Å². The van der Waals surface area contributed by atoms with Gasteiger partial charge in [-0.05, 0) is 25.9 Å². The molecule has 0 spiro atoms. The summed E-state index contributed by atoms with van der Waals surface area (Å²) >= 11 is 5.70. The van der Waals surface area contributed by atoms with Gasteiger partial charge in [-0.25, -0.2) is 12.7 Å². The van der Waals surface area contributed by atoms with Crippen molar-refractivity contribution in [2.45, 2.75) is 20.8 Å². The van der Waals surface area contributed by atoms with Gasteiger partial charge < -0.3 is 4.90 Å². The topological polar surface area (TPSA) is 40.6 Å². The molecule has 0 bridgehead atoms. The minimum absolute atomic E-state index is 0.00862. The molecule has 0 N–H and O–H groups in total. The van der Waals surface area contributed by atoms with Crippen molar-refractivity contribution in [2.75, 3.05) is 45.4 Å². The van der Waals surface area contributed by atoms with Crippen LogP contribution in [0, 0.1) is 11.8 Å². The van der Waals surface area contributed by atoms with Crippen molar-refractivity contribution >= 4 is 21.6 Å². The molecule has 18 heavy (non-hydrogen) atoms. The summed E-state index contributed by atoms with van der Waals surface area (Å²) in [6.45, 7) is 7.78. The summed E-state index contributed by atoms with van der Waals surface area (Å²) in [6, 6.07) is 0. The minimum Gasteiger partial charge on any atom is -0.308 e. The zero-order chi connectivity index (χ0) is 14.3. The fourth-order valence-corrected chi connectivity index (χ4v) is 3.74. The third kappa shape index (κ3) is 7.56. The van der Waals surface area contributed by atoms with Gasteiger partial charge in [0.05, 0.1) is 5.75 Å². The molecule has 0 rings (SSSR count). The van der Waals surface area contributed by atoms with Gasteiger partial charge in [0.1, 0.15) is 0 Å². The average Bonchev–Trinajstić information content (AvgIpc) is 2.22. The van der Waals surface area contributed by atoms with Crippen molar-refractivity contribution in [2.24, 2.45) is 11.8 Å². The van der Waals surface area contributed by atoms with Gasteiger partial charge in [0.25, 0.3) is 0 Å². The molecular weight excluding hydrogens is 272 g/mol. The summed E-state index contributed by atoms with van der Waals surface area (Å²) in [5, 5.41) is 0. The molecule has 0 radical (unpaired) electrons. The number of nitrogens with zero attached hydrogens (tertiary/aromatic N) is 2. The Kier molecular flexibility index (Phi) is 8.43. The fourth-order valence-electron chi connectivity index (χ4n) is 1.57. The van der Waals surface area contributed by atoms with E-state index in [1.165, 1.54) is 0 Å². The smallest absolute Gasteiger partial charge is 0.214 e. The molecule has 0 aromatic rings. The molecule has 0 aliphatic carbocycles. The van der Waals surface area contributed by atoms with Gasteiger partial charge in [-0.1, -0.05) is 20.8 Å². The third-order valence-corrected chi connectivity index (χ3v) is 5.15. The van der Waals surface area contributed by atoms with Crippen molar-refractivity contribution in [1.82, 2.24) is 9.21 Å². The predicted molar refractivity (Wildman–Crippen MR) is 78.6 cm³/mol. The SMILES string of the molecule is CC(C)CN(CCN(C)C)S(=O)(=O)CC(C)CCl. The number of sulfonamides is 1. The molecule has 0 saturated carbocycles. The van der Waals surface area contributed by atoms with Gasteiger partial charge in [0, 0.05) is 25.5 Å². The maximum absolute atomic E-state index is 12.3. The van der Waals surface area contributed by atoms with Gasteiger partial charge >= 0.3 is 0 Å². The van der Waals surface area contributed by atoms with Crippen molar-refractivity contribution < 1.29 is 8.42 Å². The quantitative estimate of drug-likeness (QED) is 0.609. The monoisotopic (exact) mass is 298 g/mol. The largest absolute Gasteiger partial charge is 0.308 e. The highest BCUT2D eigenvalue weighted by Crippen LogP contribution is 2.11. The van der Waals surface area contributed by atoms with Crippen molar-refractivity contribution in [3.05, 3.63) is 0 Å². The molecule has 110 valence electrons. The van der Waals surface area contributed by atoms with Crippen molar-refractivity contribution in [3.8, 4) is 0 Å². The van der Waals surface area contributed by atoms with Gasteiger partial charge in [-0.2, -0.15) is 0 Å². The summed E-state index contributed by atoms with van der Waals surface area (Å²) in [7, 11) is 0.690. The van der Waals surface area contributed by atoms with E-state index >= 15 is 0 Å². The molecule has 0 amide bonds. The maximum Gasteiger partial charge on any atom is 0.214 e. The Labute approximate surface area is 117 Å². The van der Waals surface area contributed by atoms with E-state index in [-0.39, 0.29) is 11.7 Å². The Morgan fingerprint density at radius 1 is 1.11 bits per heavy atom. The fraction of sp³-hybridized carbons (Fsp3) is 1.00. The van der Waals surface area contributed by atoms with E-state index in [9.17, 15) is 8.42 Å². The standard InChI is InChI=1S/C12H27ClN2O2S/c1-11(2)9-15(7-6-14(4)5)18(16,17)10-12(3)8-13/h11-12H,6-10H2,1-5H3. The summed E-state index contributed by atoms with van der Waals surface area (Å²) in [5.74, 6) is 0.831. The van der Waals surface area contributed by atoms with Gasteiger partial charge in [0.15, 0.2) is 0 Å². The zero-order valence-electron chi connectivity index (χ0n) is 12.2. The first kappa shape index (κ1) is 18.2. The Bertz CT molecular complexity index is 318. The van der Waals surface area contributed by atoms with E-state index < -0.39 is 10.0 Å². The zero-order valence-corrected chi connectivity index (χ0v) is 13.8. The van der Waals surface area contributed by atoms with Crippen LogP contribution in [-0.2, 0) is 10.0 Å². The van der Waals surface area contributed by atoms with Gasteiger partial charge in [-0.3, -0.25) is 0 Å². The third-order valence-electron chi connectivity index (χ3n) is 2.52. The predicted octanol–water partition coefficient (Wildman–Crippen LogP) is 1.71. The summed E-state index contributed by atoms with van der Waals surface area (Å²) < 4.78 is 26.2. The van der Waals surface area contributed by atoms with Gasteiger partial charge in [0.2, 0.25) is 10.0 Å². The van der Waals surface area contributed by atoms with E-state index in [1.54, 1.807) is 4.31 Å². The van der Waals surface area contributed by atoms with Crippen molar-refractivity contribution in [1.29, 1.82) is 0 Å². The van der Waals surface area contributed by atoms with Crippen LogP contribution in [0.5, 0.6) is 0 Å². The van der Waals surface area contributed by atoms with Gasteiger partial charge in [-0.15, -0.1) is 11.6 Å². The van der Waals surface area contributed by atoms with E-state index in [0.29, 0.717) is 24.9 Å². The first-order valence-electron chi connectivity index (χ1n) is 6.37. The molecule has 0 fully saturated rings. The molecule has 0 aromatic carbocycles. The molecule has 4 nitrogen and oxygen atoms in total. The highest BCUT2D eigenvalue weighted by atomic mass is 35.5. The molecule has 1 atom stereocenters. The lowest BCUT2D eigenvalue weighted by Gasteiger charge is -2.26. The number of hydrogen-bond acceptors (Lipinski definition) is 3. The molecule has 0 aliphatic rings. The normalized spacial score (nSPS) is 14.7. The lowest BCUT2D eigenvalue weighted by Crippen LogP contribution is -2.41. The summed E-state index contributed by atoms with van der Waals surface area (Å²) in [4.78, 5) is 1.99. The second-order valence-corrected chi connectivity index (χ2v) is 7.92. The second-order valence-electron chi connectivity index (χ2n) is 5.59. The van der Waals surface area contributed by atoms with Crippen LogP contribution in [0.2, 0.25) is 0 Å². The molecule has 0 heterocycles. The van der Waals surface area contributed by atoms with Crippen LogP contribution in [0.4, 0.5) is 0 Å². The van der Waals surface area contributed by atoms with E-state index in [0.717, 1.165) is 6.54 Å². The molecule has 6 heteroatoms. The maximum atomic E-state index is 12.3. The molecule has 0 aliphatic heterocycles. The highest BCUT2D eigenvalue weighted by Gasteiger charge is 2.24. The van der Waals surface area contributed by atoms with Crippen LogP contribution in [0.25, 0.3) is 0 Å². The molecular formula is C12H27ClN2O2S.